The first-order valence-electron chi connectivity index (χ1n) is 7.03. The van der Waals surface area contributed by atoms with Crippen molar-refractivity contribution in [2.45, 2.75) is 26.2 Å². The lowest BCUT2D eigenvalue weighted by Gasteiger charge is -2.18. The number of hydrogen-bond donors (Lipinski definition) is 0. The number of benzene rings is 2. The number of nitrogens with zero attached hydrogens (tertiary/aromatic N) is 1. The molecule has 0 radical (unpaired) electrons. The summed E-state index contributed by atoms with van der Waals surface area (Å²) in [6.45, 7) is 6.55. The fourth-order valence-corrected chi connectivity index (χ4v) is 2.41. The Bertz CT molecular complexity index is 764. The predicted molar refractivity (Wildman–Crippen MR) is 84.7 cm³/mol. The molecular weight excluding hydrogens is 262 g/mol. The van der Waals surface area contributed by atoms with Gasteiger partial charge in [0.1, 0.15) is 11.3 Å². The number of hydrogen-bond acceptors (Lipinski definition) is 3. The van der Waals surface area contributed by atoms with Crippen LogP contribution in [0, 0.1) is 0 Å². The summed E-state index contributed by atoms with van der Waals surface area (Å²) in [4.78, 5) is 4.70. The second kappa shape index (κ2) is 4.92. The van der Waals surface area contributed by atoms with Gasteiger partial charge in [-0.05, 0) is 41.3 Å². The normalized spacial score (nSPS) is 11.8. The third kappa shape index (κ3) is 2.51. The zero-order valence-corrected chi connectivity index (χ0v) is 12.8. The van der Waals surface area contributed by atoms with Crippen LogP contribution in [-0.2, 0) is 5.41 Å². The molecule has 3 nitrogen and oxygen atoms in total. The number of para-hydroxylation sites is 1. The van der Waals surface area contributed by atoms with Crippen LogP contribution in [0.3, 0.4) is 0 Å². The van der Waals surface area contributed by atoms with Crippen LogP contribution >= 0.6 is 0 Å². The molecule has 1 aromatic heterocycles. The van der Waals surface area contributed by atoms with Crippen molar-refractivity contribution in [2.75, 3.05) is 7.11 Å². The van der Waals surface area contributed by atoms with E-state index in [4.69, 9.17) is 14.1 Å². The molecule has 0 spiro atoms. The van der Waals surface area contributed by atoms with Gasteiger partial charge in [-0.25, -0.2) is 4.98 Å². The van der Waals surface area contributed by atoms with Crippen LogP contribution in [0.5, 0.6) is 5.75 Å². The van der Waals surface area contributed by atoms with Gasteiger partial charge in [-0.3, -0.25) is 0 Å². The average molecular weight is 281 g/mol. The number of ether oxygens (including phenoxy) is 1. The van der Waals surface area contributed by atoms with Crippen molar-refractivity contribution in [3.05, 3.63) is 48.0 Å². The van der Waals surface area contributed by atoms with Crippen molar-refractivity contribution in [3.63, 3.8) is 0 Å². The molecule has 0 aliphatic heterocycles. The van der Waals surface area contributed by atoms with E-state index in [0.29, 0.717) is 5.89 Å². The van der Waals surface area contributed by atoms with E-state index in [0.717, 1.165) is 22.4 Å². The van der Waals surface area contributed by atoms with Gasteiger partial charge in [0.05, 0.1) is 7.11 Å². The summed E-state index contributed by atoms with van der Waals surface area (Å²) in [5.41, 5.74) is 3.95. The van der Waals surface area contributed by atoms with Crippen LogP contribution in [0.15, 0.2) is 46.9 Å². The van der Waals surface area contributed by atoms with Crippen LogP contribution in [-0.4, -0.2) is 12.1 Å². The highest BCUT2D eigenvalue weighted by atomic mass is 16.5. The Hall–Kier alpha value is -2.29. The van der Waals surface area contributed by atoms with E-state index in [9.17, 15) is 0 Å². The summed E-state index contributed by atoms with van der Waals surface area (Å²) in [5, 5.41) is 0. The van der Waals surface area contributed by atoms with Gasteiger partial charge in [0, 0.05) is 5.56 Å². The molecule has 0 unspecified atom stereocenters. The van der Waals surface area contributed by atoms with Crippen molar-refractivity contribution in [1.29, 1.82) is 0 Å². The van der Waals surface area contributed by atoms with Gasteiger partial charge in [0.2, 0.25) is 5.89 Å². The summed E-state index contributed by atoms with van der Waals surface area (Å²) in [6, 6.07) is 13.8. The molecule has 0 fully saturated rings. The van der Waals surface area contributed by atoms with E-state index in [1.807, 2.05) is 36.4 Å². The fourth-order valence-electron chi connectivity index (χ4n) is 2.41. The summed E-state index contributed by atoms with van der Waals surface area (Å²) in [7, 11) is 1.66. The number of aromatic nitrogens is 1. The Labute approximate surface area is 124 Å². The van der Waals surface area contributed by atoms with Gasteiger partial charge in [0.15, 0.2) is 5.58 Å². The Morgan fingerprint density at radius 3 is 2.33 bits per heavy atom. The van der Waals surface area contributed by atoms with E-state index in [2.05, 4.69) is 26.8 Å². The zero-order chi connectivity index (χ0) is 15.0. The van der Waals surface area contributed by atoms with Gasteiger partial charge in [-0.15, -0.1) is 0 Å². The highest BCUT2D eigenvalue weighted by molar-refractivity contribution is 5.80. The van der Waals surface area contributed by atoms with Crippen LogP contribution < -0.4 is 4.74 Å². The molecule has 108 valence electrons. The van der Waals surface area contributed by atoms with Crippen molar-refractivity contribution in [3.8, 4) is 17.2 Å². The van der Waals surface area contributed by atoms with E-state index >= 15 is 0 Å². The van der Waals surface area contributed by atoms with E-state index in [1.54, 1.807) is 7.11 Å². The summed E-state index contributed by atoms with van der Waals surface area (Å²) >= 11 is 0. The molecule has 0 saturated carbocycles. The Morgan fingerprint density at radius 2 is 1.71 bits per heavy atom. The van der Waals surface area contributed by atoms with E-state index in [-0.39, 0.29) is 5.41 Å². The van der Waals surface area contributed by atoms with Crippen molar-refractivity contribution in [1.82, 2.24) is 4.98 Å². The highest BCUT2D eigenvalue weighted by Gasteiger charge is 2.20. The zero-order valence-electron chi connectivity index (χ0n) is 12.8. The molecule has 0 N–H and O–H groups in total. The first kappa shape index (κ1) is 13.7. The molecule has 0 saturated heterocycles. The number of fused-ring (bicyclic) bond motifs is 1. The Balaban J connectivity index is 2.12. The molecule has 0 atom stereocenters. The Kier molecular flexibility index (Phi) is 3.20. The molecule has 0 aliphatic rings. The van der Waals surface area contributed by atoms with Gasteiger partial charge in [-0.1, -0.05) is 32.9 Å². The maximum absolute atomic E-state index is 5.91. The van der Waals surface area contributed by atoms with Crippen molar-refractivity contribution >= 4 is 11.1 Å². The van der Waals surface area contributed by atoms with Crippen molar-refractivity contribution in [2.24, 2.45) is 0 Å². The minimum Gasteiger partial charge on any atom is -0.497 e. The Morgan fingerprint density at radius 1 is 1.00 bits per heavy atom. The molecule has 3 aromatic rings. The quantitative estimate of drug-likeness (QED) is 0.676. The minimum absolute atomic E-state index is 0.0353. The summed E-state index contributed by atoms with van der Waals surface area (Å²) in [6.07, 6.45) is 0. The molecule has 3 heteroatoms. The van der Waals surface area contributed by atoms with Gasteiger partial charge in [0.25, 0.3) is 0 Å². The maximum atomic E-state index is 5.91. The SMILES string of the molecule is COc1ccc(-c2nc3c(C(C)(C)C)cccc3o2)cc1. The summed E-state index contributed by atoms with van der Waals surface area (Å²) in [5.74, 6) is 1.47. The standard InChI is InChI=1S/C18H19NO2/c1-18(2,3)14-6-5-7-15-16(14)19-17(21-15)12-8-10-13(20-4)11-9-12/h5-11H,1-4H3. The number of methoxy groups -OCH3 is 1. The molecule has 0 bridgehead atoms. The smallest absolute Gasteiger partial charge is 0.227 e. The number of rotatable bonds is 2. The van der Waals surface area contributed by atoms with Crippen LogP contribution in [0.25, 0.3) is 22.6 Å². The van der Waals surface area contributed by atoms with E-state index in [1.165, 1.54) is 5.56 Å². The lowest BCUT2D eigenvalue weighted by atomic mass is 9.86. The molecule has 2 aromatic carbocycles. The molecule has 0 aliphatic carbocycles. The van der Waals surface area contributed by atoms with Gasteiger partial charge in [-0.2, -0.15) is 0 Å². The van der Waals surface area contributed by atoms with Crippen LogP contribution in [0.2, 0.25) is 0 Å². The van der Waals surface area contributed by atoms with E-state index < -0.39 is 0 Å². The molecule has 0 amide bonds. The largest absolute Gasteiger partial charge is 0.497 e. The third-order valence-electron chi connectivity index (χ3n) is 3.56. The minimum atomic E-state index is 0.0353. The predicted octanol–water partition coefficient (Wildman–Crippen LogP) is 4.80. The first-order valence-corrected chi connectivity index (χ1v) is 7.03. The summed E-state index contributed by atoms with van der Waals surface area (Å²) < 4.78 is 11.1. The monoisotopic (exact) mass is 281 g/mol. The lowest BCUT2D eigenvalue weighted by molar-refractivity contribution is 0.415. The molecule has 21 heavy (non-hydrogen) atoms. The highest BCUT2D eigenvalue weighted by Crippen LogP contribution is 2.32. The maximum Gasteiger partial charge on any atom is 0.227 e. The second-order valence-electron chi connectivity index (χ2n) is 6.15. The van der Waals surface area contributed by atoms with Crippen LogP contribution in [0.4, 0.5) is 0 Å². The molecule has 1 heterocycles. The number of oxazole rings is 1. The molecule has 3 rings (SSSR count). The average Bonchev–Trinajstić information content (AvgIpc) is 2.90. The van der Waals surface area contributed by atoms with Crippen LogP contribution in [0.1, 0.15) is 26.3 Å². The van der Waals surface area contributed by atoms with Crippen molar-refractivity contribution < 1.29 is 9.15 Å². The van der Waals surface area contributed by atoms with Gasteiger partial charge < -0.3 is 9.15 Å². The van der Waals surface area contributed by atoms with Gasteiger partial charge >= 0.3 is 0 Å². The lowest BCUT2D eigenvalue weighted by Crippen LogP contribution is -2.11. The second-order valence-corrected chi connectivity index (χ2v) is 6.15. The molecular formula is C18H19NO2. The third-order valence-corrected chi connectivity index (χ3v) is 3.56. The topological polar surface area (TPSA) is 35.3 Å². The fraction of sp³-hybridized carbons (Fsp3) is 0.278. The first-order chi connectivity index (χ1) is 9.99.